The Balaban J connectivity index is 2.30. The number of amides is 1. The zero-order valence-corrected chi connectivity index (χ0v) is 11.8. The molecule has 0 atom stereocenters. The predicted molar refractivity (Wildman–Crippen MR) is 79.4 cm³/mol. The third-order valence-electron chi connectivity index (χ3n) is 3.21. The van der Waals surface area contributed by atoms with Crippen molar-refractivity contribution >= 4 is 17.3 Å². The molecule has 0 unspecified atom stereocenters. The highest BCUT2D eigenvalue weighted by Crippen LogP contribution is 2.24. The van der Waals surface area contributed by atoms with Crippen molar-refractivity contribution in [1.29, 1.82) is 0 Å². The van der Waals surface area contributed by atoms with Crippen molar-refractivity contribution in [2.75, 3.05) is 11.1 Å². The van der Waals surface area contributed by atoms with Crippen LogP contribution >= 0.6 is 0 Å². The van der Waals surface area contributed by atoms with E-state index in [1.54, 1.807) is 19.1 Å². The van der Waals surface area contributed by atoms with Gasteiger partial charge in [0.1, 0.15) is 5.82 Å². The number of nitrogens with one attached hydrogen (secondary N) is 1. The summed E-state index contributed by atoms with van der Waals surface area (Å²) in [5.74, 6) is -0.578. The summed E-state index contributed by atoms with van der Waals surface area (Å²) in [6.45, 7) is 5.40. The van der Waals surface area contributed by atoms with E-state index in [1.807, 2.05) is 13.8 Å². The molecule has 0 fully saturated rings. The molecule has 0 saturated heterocycles. The average Bonchev–Trinajstić information content (AvgIpc) is 2.36. The summed E-state index contributed by atoms with van der Waals surface area (Å²) in [5, 5.41) is 2.85. The first-order valence-electron chi connectivity index (χ1n) is 6.32. The van der Waals surface area contributed by atoms with Crippen LogP contribution in [0.25, 0.3) is 0 Å². The topological polar surface area (TPSA) is 55.1 Å². The molecule has 2 rings (SSSR count). The normalized spacial score (nSPS) is 10.4. The zero-order valence-electron chi connectivity index (χ0n) is 11.8. The second-order valence-electron chi connectivity index (χ2n) is 4.95. The van der Waals surface area contributed by atoms with E-state index in [-0.39, 0.29) is 11.7 Å². The molecule has 0 radical (unpaired) electrons. The van der Waals surface area contributed by atoms with Gasteiger partial charge in [0, 0.05) is 16.9 Å². The number of nitrogen functional groups attached to an aromatic ring is 1. The Labute approximate surface area is 117 Å². The molecule has 104 valence electrons. The lowest BCUT2D eigenvalue weighted by Gasteiger charge is -2.13. The number of carbonyl (C=O) groups is 1. The summed E-state index contributed by atoms with van der Waals surface area (Å²) in [6.07, 6.45) is 0. The van der Waals surface area contributed by atoms with Crippen molar-refractivity contribution in [1.82, 2.24) is 0 Å². The maximum Gasteiger partial charge on any atom is 0.255 e. The van der Waals surface area contributed by atoms with Crippen LogP contribution in [0.3, 0.4) is 0 Å². The van der Waals surface area contributed by atoms with Gasteiger partial charge in [-0.2, -0.15) is 0 Å². The van der Waals surface area contributed by atoms with Gasteiger partial charge in [-0.05, 0) is 67.8 Å². The largest absolute Gasteiger partial charge is 0.399 e. The maximum absolute atomic E-state index is 13.2. The van der Waals surface area contributed by atoms with E-state index >= 15 is 0 Å². The molecule has 2 aromatic rings. The molecule has 0 heterocycles. The van der Waals surface area contributed by atoms with Gasteiger partial charge in [0.05, 0.1) is 0 Å². The van der Waals surface area contributed by atoms with Crippen molar-refractivity contribution in [3.63, 3.8) is 0 Å². The average molecular weight is 272 g/mol. The van der Waals surface area contributed by atoms with Gasteiger partial charge in [0.25, 0.3) is 5.91 Å². The quantitative estimate of drug-likeness (QED) is 0.821. The predicted octanol–water partition coefficient (Wildman–Crippen LogP) is 3.59. The number of anilines is 2. The minimum atomic E-state index is -0.318. The molecule has 3 nitrogen and oxygen atoms in total. The fraction of sp³-hybridized carbons (Fsp3) is 0.188. The van der Waals surface area contributed by atoms with Crippen molar-refractivity contribution in [3.05, 3.63) is 58.4 Å². The van der Waals surface area contributed by atoms with Gasteiger partial charge in [0.2, 0.25) is 0 Å². The lowest BCUT2D eigenvalue weighted by atomic mass is 10.1. The van der Waals surface area contributed by atoms with E-state index in [1.165, 1.54) is 18.2 Å². The smallest absolute Gasteiger partial charge is 0.255 e. The Hall–Kier alpha value is -2.36. The zero-order chi connectivity index (χ0) is 14.9. The number of hydrogen-bond donors (Lipinski definition) is 2. The van der Waals surface area contributed by atoms with Crippen LogP contribution in [-0.4, -0.2) is 5.91 Å². The summed E-state index contributed by atoms with van der Waals surface area (Å²) in [4.78, 5) is 12.2. The third-order valence-corrected chi connectivity index (χ3v) is 3.21. The first-order chi connectivity index (χ1) is 9.38. The van der Waals surface area contributed by atoms with Crippen LogP contribution in [-0.2, 0) is 0 Å². The number of aryl methyl sites for hydroxylation is 3. The molecule has 0 spiro atoms. The molecule has 0 aliphatic heterocycles. The van der Waals surface area contributed by atoms with Crippen LogP contribution in [0.5, 0.6) is 0 Å². The molecular weight excluding hydrogens is 255 g/mol. The summed E-state index contributed by atoms with van der Waals surface area (Å²) in [7, 11) is 0. The lowest BCUT2D eigenvalue weighted by molar-refractivity contribution is 0.102. The van der Waals surface area contributed by atoms with E-state index in [0.717, 1.165) is 16.8 Å². The molecule has 20 heavy (non-hydrogen) atoms. The maximum atomic E-state index is 13.2. The van der Waals surface area contributed by atoms with E-state index in [0.29, 0.717) is 16.8 Å². The molecule has 0 aromatic heterocycles. The van der Waals surface area contributed by atoms with Gasteiger partial charge in [-0.3, -0.25) is 4.79 Å². The van der Waals surface area contributed by atoms with Crippen LogP contribution in [0, 0.1) is 26.6 Å². The van der Waals surface area contributed by atoms with E-state index in [2.05, 4.69) is 5.32 Å². The molecule has 0 aliphatic rings. The third kappa shape index (κ3) is 2.79. The molecule has 0 saturated carbocycles. The SMILES string of the molecule is Cc1cc(C(=O)Nc2c(C)cc(N)cc2C)ccc1F. The highest BCUT2D eigenvalue weighted by atomic mass is 19.1. The molecule has 4 heteroatoms. The van der Waals surface area contributed by atoms with E-state index < -0.39 is 0 Å². The molecular formula is C16H17FN2O. The molecule has 1 amide bonds. The number of nitrogens with two attached hydrogens (primary N) is 1. The molecule has 2 aromatic carbocycles. The Kier molecular flexibility index (Phi) is 3.74. The van der Waals surface area contributed by atoms with Gasteiger partial charge in [0.15, 0.2) is 0 Å². The van der Waals surface area contributed by atoms with Gasteiger partial charge < -0.3 is 11.1 Å². The Morgan fingerprint density at radius 3 is 2.20 bits per heavy atom. The minimum Gasteiger partial charge on any atom is -0.399 e. The van der Waals surface area contributed by atoms with Gasteiger partial charge in [-0.15, -0.1) is 0 Å². The van der Waals surface area contributed by atoms with Crippen LogP contribution < -0.4 is 11.1 Å². The van der Waals surface area contributed by atoms with Gasteiger partial charge >= 0.3 is 0 Å². The molecule has 0 bridgehead atoms. The van der Waals surface area contributed by atoms with Crippen LogP contribution in [0.1, 0.15) is 27.0 Å². The number of benzene rings is 2. The van der Waals surface area contributed by atoms with Crippen LogP contribution in [0.15, 0.2) is 30.3 Å². The Bertz CT molecular complexity index is 657. The minimum absolute atomic E-state index is 0.260. The van der Waals surface area contributed by atoms with Crippen LogP contribution in [0.2, 0.25) is 0 Å². The summed E-state index contributed by atoms with van der Waals surface area (Å²) in [6, 6.07) is 7.91. The fourth-order valence-corrected chi connectivity index (χ4v) is 2.17. The summed E-state index contributed by atoms with van der Waals surface area (Å²) < 4.78 is 13.2. The van der Waals surface area contributed by atoms with Gasteiger partial charge in [-0.1, -0.05) is 0 Å². The van der Waals surface area contributed by atoms with Crippen molar-refractivity contribution in [3.8, 4) is 0 Å². The Morgan fingerprint density at radius 2 is 1.65 bits per heavy atom. The molecule has 0 aliphatic carbocycles. The summed E-state index contributed by atoms with van der Waals surface area (Å²) >= 11 is 0. The number of hydrogen-bond acceptors (Lipinski definition) is 2. The number of rotatable bonds is 2. The van der Waals surface area contributed by atoms with Gasteiger partial charge in [-0.25, -0.2) is 4.39 Å². The van der Waals surface area contributed by atoms with Crippen molar-refractivity contribution < 1.29 is 9.18 Å². The van der Waals surface area contributed by atoms with E-state index in [9.17, 15) is 9.18 Å². The first-order valence-corrected chi connectivity index (χ1v) is 6.32. The van der Waals surface area contributed by atoms with Crippen LogP contribution in [0.4, 0.5) is 15.8 Å². The highest BCUT2D eigenvalue weighted by Gasteiger charge is 2.11. The fourth-order valence-electron chi connectivity index (χ4n) is 2.17. The first kappa shape index (κ1) is 14.1. The lowest BCUT2D eigenvalue weighted by Crippen LogP contribution is -2.14. The Morgan fingerprint density at radius 1 is 1.05 bits per heavy atom. The number of halogens is 1. The van der Waals surface area contributed by atoms with Crippen molar-refractivity contribution in [2.24, 2.45) is 0 Å². The monoisotopic (exact) mass is 272 g/mol. The second-order valence-corrected chi connectivity index (χ2v) is 4.95. The second kappa shape index (κ2) is 5.33. The van der Waals surface area contributed by atoms with E-state index in [4.69, 9.17) is 5.73 Å². The highest BCUT2D eigenvalue weighted by molar-refractivity contribution is 6.05. The number of carbonyl (C=O) groups excluding carboxylic acids is 1. The van der Waals surface area contributed by atoms with Crippen molar-refractivity contribution in [2.45, 2.75) is 20.8 Å². The standard InChI is InChI=1S/C16H17FN2O/c1-9-6-12(4-5-14(9)17)16(20)19-15-10(2)7-13(18)8-11(15)3/h4-8H,18H2,1-3H3,(H,19,20). The summed E-state index contributed by atoms with van der Waals surface area (Å²) in [5.41, 5.74) is 9.83. The molecule has 3 N–H and O–H groups in total.